The molecule has 0 fully saturated rings. The Labute approximate surface area is 145 Å². The van der Waals surface area contributed by atoms with E-state index in [1.807, 2.05) is 10.6 Å². The van der Waals surface area contributed by atoms with Crippen LogP contribution in [0.5, 0.6) is 0 Å². The van der Waals surface area contributed by atoms with Crippen LogP contribution in [0.4, 0.5) is 4.39 Å². The van der Waals surface area contributed by atoms with Gasteiger partial charge in [0.15, 0.2) is 5.16 Å². The Kier molecular flexibility index (Phi) is 5.33. The summed E-state index contributed by atoms with van der Waals surface area (Å²) in [6.45, 7) is 2.47. The largest absolute Gasteiger partial charge is 0.390 e. The first kappa shape index (κ1) is 16.7. The van der Waals surface area contributed by atoms with Crippen molar-refractivity contribution in [3.63, 3.8) is 0 Å². The van der Waals surface area contributed by atoms with Gasteiger partial charge in [0.25, 0.3) is 0 Å². The highest BCUT2D eigenvalue weighted by atomic mass is 32.2. The topological polar surface area (TPSA) is 38.1 Å². The van der Waals surface area contributed by atoms with Crippen LogP contribution in [-0.2, 0) is 18.9 Å². The Hall–Kier alpha value is -2.11. The van der Waals surface area contributed by atoms with Gasteiger partial charge in [-0.3, -0.25) is 0 Å². The van der Waals surface area contributed by atoms with Gasteiger partial charge in [0, 0.05) is 5.75 Å². The molecule has 0 aliphatic rings. The number of aliphatic hydroxyl groups excluding tert-OH is 1. The monoisotopic (exact) mass is 342 g/mol. The molecule has 5 heteroatoms. The molecule has 3 rings (SSSR count). The smallest absolute Gasteiger partial charge is 0.168 e. The van der Waals surface area contributed by atoms with E-state index in [0.29, 0.717) is 6.54 Å². The van der Waals surface area contributed by atoms with E-state index < -0.39 is 0 Å². The summed E-state index contributed by atoms with van der Waals surface area (Å²) in [7, 11) is 0. The quantitative estimate of drug-likeness (QED) is 0.684. The standard InChI is InChI=1S/C19H19FN2OS/c1-14-5-7-15(8-6-14)13-24-19-21-10-18(12-23)22(19)11-16-3-2-4-17(20)9-16/h2-10,23H,11-13H2,1H3. The fraction of sp³-hybridized carbons (Fsp3) is 0.211. The van der Waals surface area contributed by atoms with Gasteiger partial charge in [0.1, 0.15) is 5.82 Å². The third-order valence-electron chi connectivity index (χ3n) is 3.78. The average Bonchev–Trinajstić information content (AvgIpc) is 2.96. The van der Waals surface area contributed by atoms with E-state index in [0.717, 1.165) is 22.2 Å². The van der Waals surface area contributed by atoms with Gasteiger partial charge in [-0.25, -0.2) is 9.37 Å². The fourth-order valence-electron chi connectivity index (χ4n) is 2.45. The highest BCUT2D eigenvalue weighted by molar-refractivity contribution is 7.98. The molecule has 24 heavy (non-hydrogen) atoms. The number of hydrogen-bond acceptors (Lipinski definition) is 3. The molecule has 0 bridgehead atoms. The number of nitrogens with zero attached hydrogens (tertiary/aromatic N) is 2. The number of aliphatic hydroxyl groups is 1. The van der Waals surface area contributed by atoms with Crippen LogP contribution in [0.15, 0.2) is 59.9 Å². The lowest BCUT2D eigenvalue weighted by Gasteiger charge is -2.11. The second-order valence-corrected chi connectivity index (χ2v) is 6.62. The minimum absolute atomic E-state index is 0.0899. The SMILES string of the molecule is Cc1ccc(CSc2ncc(CO)n2Cc2cccc(F)c2)cc1. The van der Waals surface area contributed by atoms with E-state index in [9.17, 15) is 9.50 Å². The lowest BCUT2D eigenvalue weighted by molar-refractivity contribution is 0.270. The van der Waals surface area contributed by atoms with Crippen LogP contribution < -0.4 is 0 Å². The summed E-state index contributed by atoms with van der Waals surface area (Å²) < 4.78 is 15.3. The van der Waals surface area contributed by atoms with Crippen LogP contribution >= 0.6 is 11.8 Å². The molecule has 0 saturated carbocycles. The van der Waals surface area contributed by atoms with E-state index in [1.54, 1.807) is 24.0 Å². The normalized spacial score (nSPS) is 11.0. The van der Waals surface area contributed by atoms with Crippen molar-refractivity contribution in [1.29, 1.82) is 0 Å². The second kappa shape index (κ2) is 7.64. The predicted octanol–water partition coefficient (Wildman–Crippen LogP) is 4.16. The molecule has 0 spiro atoms. The summed E-state index contributed by atoms with van der Waals surface area (Å²) in [6.07, 6.45) is 1.68. The molecule has 0 saturated heterocycles. The van der Waals surface area contributed by atoms with E-state index in [1.165, 1.54) is 23.3 Å². The number of imidazole rings is 1. The van der Waals surface area contributed by atoms with Gasteiger partial charge in [-0.1, -0.05) is 53.7 Å². The predicted molar refractivity (Wildman–Crippen MR) is 94.4 cm³/mol. The fourth-order valence-corrected chi connectivity index (χ4v) is 3.41. The summed E-state index contributed by atoms with van der Waals surface area (Å²) in [4.78, 5) is 4.41. The van der Waals surface area contributed by atoms with E-state index in [4.69, 9.17) is 0 Å². The molecule has 0 amide bonds. The van der Waals surface area contributed by atoms with Gasteiger partial charge in [-0.15, -0.1) is 0 Å². The van der Waals surface area contributed by atoms with Crippen LogP contribution in [0, 0.1) is 12.7 Å². The Morgan fingerprint density at radius 3 is 2.62 bits per heavy atom. The highest BCUT2D eigenvalue weighted by Crippen LogP contribution is 2.24. The van der Waals surface area contributed by atoms with Gasteiger partial charge >= 0.3 is 0 Å². The first-order valence-corrected chi connectivity index (χ1v) is 8.72. The number of aryl methyl sites for hydroxylation is 1. The summed E-state index contributed by atoms with van der Waals surface area (Å²) in [6, 6.07) is 14.9. The van der Waals surface area contributed by atoms with Crippen LogP contribution in [0.2, 0.25) is 0 Å². The maximum Gasteiger partial charge on any atom is 0.168 e. The van der Waals surface area contributed by atoms with Crippen molar-refractivity contribution >= 4 is 11.8 Å². The molecule has 1 heterocycles. The Morgan fingerprint density at radius 2 is 1.92 bits per heavy atom. The maximum absolute atomic E-state index is 13.4. The third-order valence-corrected chi connectivity index (χ3v) is 4.84. The minimum atomic E-state index is -0.257. The van der Waals surface area contributed by atoms with Crippen molar-refractivity contribution in [2.75, 3.05) is 0 Å². The Morgan fingerprint density at radius 1 is 1.12 bits per heavy atom. The minimum Gasteiger partial charge on any atom is -0.390 e. The number of rotatable bonds is 6. The molecule has 0 radical (unpaired) electrons. The van der Waals surface area contributed by atoms with Gasteiger partial charge in [-0.2, -0.15) is 0 Å². The first-order valence-electron chi connectivity index (χ1n) is 7.74. The zero-order valence-corrected chi connectivity index (χ0v) is 14.3. The van der Waals surface area contributed by atoms with Crippen molar-refractivity contribution in [1.82, 2.24) is 9.55 Å². The first-order chi connectivity index (χ1) is 11.7. The summed E-state index contributed by atoms with van der Waals surface area (Å²) in [5.41, 5.74) is 4.03. The van der Waals surface area contributed by atoms with E-state index in [2.05, 4.69) is 36.2 Å². The van der Waals surface area contributed by atoms with Gasteiger partial charge < -0.3 is 9.67 Å². The van der Waals surface area contributed by atoms with Crippen molar-refractivity contribution in [3.8, 4) is 0 Å². The molecule has 0 aliphatic heterocycles. The molecule has 1 N–H and O–H groups in total. The number of hydrogen-bond donors (Lipinski definition) is 1. The molecule has 124 valence electrons. The van der Waals surface area contributed by atoms with Crippen molar-refractivity contribution < 1.29 is 9.50 Å². The highest BCUT2D eigenvalue weighted by Gasteiger charge is 2.11. The summed E-state index contributed by atoms with van der Waals surface area (Å²) in [5.74, 6) is 0.540. The molecule has 0 unspecified atom stereocenters. The van der Waals surface area contributed by atoms with Crippen LogP contribution in [-0.4, -0.2) is 14.7 Å². The maximum atomic E-state index is 13.4. The molecule has 0 atom stereocenters. The molecule has 3 nitrogen and oxygen atoms in total. The van der Waals surface area contributed by atoms with Gasteiger partial charge in [-0.05, 0) is 30.2 Å². The zero-order valence-electron chi connectivity index (χ0n) is 13.4. The van der Waals surface area contributed by atoms with E-state index >= 15 is 0 Å². The van der Waals surface area contributed by atoms with E-state index in [-0.39, 0.29) is 12.4 Å². The van der Waals surface area contributed by atoms with Gasteiger partial charge in [0.2, 0.25) is 0 Å². The Bertz CT molecular complexity index is 814. The molecule has 1 aromatic heterocycles. The number of benzene rings is 2. The second-order valence-electron chi connectivity index (χ2n) is 5.68. The Balaban J connectivity index is 1.78. The molecule has 0 aliphatic carbocycles. The third kappa shape index (κ3) is 4.04. The summed E-state index contributed by atoms with van der Waals surface area (Å²) in [5, 5.41) is 10.4. The zero-order chi connectivity index (χ0) is 16.9. The molecule has 3 aromatic rings. The molecular formula is C19H19FN2OS. The average molecular weight is 342 g/mol. The molecule has 2 aromatic carbocycles. The van der Waals surface area contributed by atoms with Crippen molar-refractivity contribution in [2.45, 2.75) is 31.0 Å². The van der Waals surface area contributed by atoms with Gasteiger partial charge in [0.05, 0.1) is 25.0 Å². The number of halogens is 1. The number of aromatic nitrogens is 2. The summed E-state index contributed by atoms with van der Waals surface area (Å²) >= 11 is 1.61. The lowest BCUT2D eigenvalue weighted by atomic mass is 10.2. The van der Waals surface area contributed by atoms with Crippen LogP contribution in [0.25, 0.3) is 0 Å². The van der Waals surface area contributed by atoms with Crippen molar-refractivity contribution in [2.24, 2.45) is 0 Å². The van der Waals surface area contributed by atoms with Crippen LogP contribution in [0.3, 0.4) is 0 Å². The van der Waals surface area contributed by atoms with Crippen molar-refractivity contribution in [3.05, 3.63) is 82.9 Å². The lowest BCUT2D eigenvalue weighted by Crippen LogP contribution is -2.06. The number of thioether (sulfide) groups is 1. The molecular weight excluding hydrogens is 323 g/mol. The van der Waals surface area contributed by atoms with Crippen LogP contribution in [0.1, 0.15) is 22.4 Å².